The molecule has 0 aromatic heterocycles. The van der Waals surface area contributed by atoms with Gasteiger partial charge in [0.25, 0.3) is 0 Å². The molecule has 0 radical (unpaired) electrons. The minimum Gasteiger partial charge on any atom is -0.493 e. The molecule has 0 fully saturated rings. The fourth-order valence-electron chi connectivity index (χ4n) is 4.49. The number of ketones is 2. The first-order valence-corrected chi connectivity index (χ1v) is 10.6. The van der Waals surface area contributed by atoms with Gasteiger partial charge in [-0.25, -0.2) is 0 Å². The second-order valence-electron chi connectivity index (χ2n) is 7.35. The third-order valence-electron chi connectivity index (χ3n) is 5.69. The number of dihydropyridines is 1. The number of benzene rings is 1. The van der Waals surface area contributed by atoms with E-state index in [1.54, 1.807) is 7.11 Å². The van der Waals surface area contributed by atoms with Crippen LogP contribution in [0.3, 0.4) is 0 Å². The van der Waals surface area contributed by atoms with Crippen LogP contribution >= 0.6 is 15.9 Å². The van der Waals surface area contributed by atoms with Gasteiger partial charge in [0.2, 0.25) is 0 Å². The Morgan fingerprint density at radius 1 is 1.00 bits per heavy atom. The Morgan fingerprint density at radius 3 is 2.14 bits per heavy atom. The standard InChI is InChI=1S/C22H24BrNO4/c1-3-28-19-11-13(23)12(10-18(19)27-2)20-21-14(6-4-8-16(21)25)24-15-7-5-9-17(26)22(15)20/h10-11,20,24H,3-9H2,1-2H3. The Bertz CT molecular complexity index is 873. The predicted octanol–water partition coefficient (Wildman–Crippen LogP) is 4.56. The third kappa shape index (κ3) is 3.17. The quantitative estimate of drug-likeness (QED) is 0.735. The minimum absolute atomic E-state index is 0.128. The van der Waals surface area contributed by atoms with Crippen molar-refractivity contribution in [1.82, 2.24) is 5.32 Å². The lowest BCUT2D eigenvalue weighted by atomic mass is 9.71. The molecule has 1 aromatic rings. The van der Waals surface area contributed by atoms with E-state index >= 15 is 0 Å². The minimum atomic E-state index is -0.356. The van der Waals surface area contributed by atoms with E-state index in [2.05, 4.69) is 21.2 Å². The van der Waals surface area contributed by atoms with E-state index in [4.69, 9.17) is 9.47 Å². The van der Waals surface area contributed by atoms with E-state index in [1.807, 2.05) is 19.1 Å². The number of Topliss-reactive ketones (excluding diaryl/α,β-unsaturated/α-hetero) is 2. The molecule has 0 bridgehead atoms. The molecule has 1 N–H and O–H groups in total. The number of carbonyl (C=O) groups excluding carboxylic acids is 2. The first kappa shape index (κ1) is 19.2. The molecule has 1 aliphatic heterocycles. The summed E-state index contributed by atoms with van der Waals surface area (Å²) >= 11 is 3.67. The van der Waals surface area contributed by atoms with Gasteiger partial charge >= 0.3 is 0 Å². The summed E-state index contributed by atoms with van der Waals surface area (Å²) in [6.45, 7) is 2.45. The normalized spacial score (nSPS) is 20.0. The van der Waals surface area contributed by atoms with Crippen molar-refractivity contribution in [2.75, 3.05) is 13.7 Å². The van der Waals surface area contributed by atoms with E-state index < -0.39 is 0 Å². The monoisotopic (exact) mass is 445 g/mol. The van der Waals surface area contributed by atoms with Gasteiger partial charge in [0.15, 0.2) is 23.1 Å². The predicted molar refractivity (Wildman–Crippen MR) is 110 cm³/mol. The van der Waals surface area contributed by atoms with Crippen molar-refractivity contribution in [2.24, 2.45) is 0 Å². The van der Waals surface area contributed by atoms with Crippen molar-refractivity contribution in [3.63, 3.8) is 0 Å². The van der Waals surface area contributed by atoms with Crippen LogP contribution in [0.15, 0.2) is 39.1 Å². The number of rotatable bonds is 4. The fraction of sp³-hybridized carbons (Fsp3) is 0.455. The maximum atomic E-state index is 12.9. The molecule has 0 unspecified atom stereocenters. The van der Waals surface area contributed by atoms with Gasteiger partial charge in [-0.05, 0) is 50.3 Å². The number of carbonyl (C=O) groups is 2. The van der Waals surface area contributed by atoms with Gasteiger partial charge in [-0.1, -0.05) is 15.9 Å². The molecular weight excluding hydrogens is 422 g/mol. The topological polar surface area (TPSA) is 64.6 Å². The van der Waals surface area contributed by atoms with Crippen molar-refractivity contribution in [2.45, 2.75) is 51.4 Å². The molecule has 0 saturated heterocycles. The van der Waals surface area contributed by atoms with Gasteiger partial charge < -0.3 is 14.8 Å². The molecule has 6 heteroatoms. The van der Waals surface area contributed by atoms with Crippen LogP contribution in [0.2, 0.25) is 0 Å². The molecule has 0 spiro atoms. The highest BCUT2D eigenvalue weighted by Gasteiger charge is 2.41. The zero-order valence-electron chi connectivity index (χ0n) is 16.2. The van der Waals surface area contributed by atoms with Crippen LogP contribution in [0.25, 0.3) is 0 Å². The van der Waals surface area contributed by atoms with Gasteiger partial charge in [-0.2, -0.15) is 0 Å². The van der Waals surface area contributed by atoms with Crippen LogP contribution in [-0.4, -0.2) is 25.3 Å². The molecule has 0 amide bonds. The number of ether oxygens (including phenoxy) is 2. The first-order chi connectivity index (χ1) is 13.5. The summed E-state index contributed by atoms with van der Waals surface area (Å²) in [7, 11) is 1.60. The van der Waals surface area contributed by atoms with Crippen LogP contribution < -0.4 is 14.8 Å². The molecule has 5 nitrogen and oxygen atoms in total. The number of halogens is 1. The first-order valence-electron chi connectivity index (χ1n) is 9.84. The molecule has 3 aliphatic rings. The molecule has 0 atom stereocenters. The smallest absolute Gasteiger partial charge is 0.162 e. The molecule has 4 rings (SSSR count). The highest BCUT2D eigenvalue weighted by Crippen LogP contribution is 2.48. The number of allylic oxidation sites excluding steroid dienone is 4. The van der Waals surface area contributed by atoms with Crippen molar-refractivity contribution in [3.05, 3.63) is 44.7 Å². The van der Waals surface area contributed by atoms with Crippen LogP contribution in [-0.2, 0) is 9.59 Å². The number of methoxy groups -OCH3 is 1. The van der Waals surface area contributed by atoms with Crippen LogP contribution in [0.4, 0.5) is 0 Å². The van der Waals surface area contributed by atoms with Crippen molar-refractivity contribution < 1.29 is 19.1 Å². The van der Waals surface area contributed by atoms with Gasteiger partial charge in [-0.15, -0.1) is 0 Å². The molecule has 2 aliphatic carbocycles. The lowest BCUT2D eigenvalue weighted by molar-refractivity contribution is -0.116. The average Bonchev–Trinajstić information content (AvgIpc) is 2.67. The molecule has 1 heterocycles. The summed E-state index contributed by atoms with van der Waals surface area (Å²) in [6, 6.07) is 3.78. The Labute approximate surface area is 173 Å². The fourth-order valence-corrected chi connectivity index (χ4v) is 5.05. The average molecular weight is 446 g/mol. The van der Waals surface area contributed by atoms with Crippen LogP contribution in [0.1, 0.15) is 56.9 Å². The van der Waals surface area contributed by atoms with Gasteiger partial charge in [0.1, 0.15) is 0 Å². The number of hydrogen-bond donors (Lipinski definition) is 1. The summed E-state index contributed by atoms with van der Waals surface area (Å²) < 4.78 is 12.0. The summed E-state index contributed by atoms with van der Waals surface area (Å²) in [6.07, 6.45) is 4.44. The molecule has 1 aromatic carbocycles. The summed E-state index contributed by atoms with van der Waals surface area (Å²) in [4.78, 5) is 25.9. The summed E-state index contributed by atoms with van der Waals surface area (Å²) in [5.74, 6) is 1.15. The van der Waals surface area contributed by atoms with Crippen LogP contribution in [0, 0.1) is 0 Å². The lowest BCUT2D eigenvalue weighted by Gasteiger charge is -2.37. The maximum Gasteiger partial charge on any atom is 0.162 e. The SMILES string of the molecule is CCOc1cc(Br)c(C2C3=C(CCCC3=O)NC3=C2C(=O)CCC3)cc1OC. The van der Waals surface area contributed by atoms with E-state index in [9.17, 15) is 9.59 Å². The van der Waals surface area contributed by atoms with Crippen molar-refractivity contribution >= 4 is 27.5 Å². The molecule has 28 heavy (non-hydrogen) atoms. The summed E-state index contributed by atoms with van der Waals surface area (Å²) in [5, 5.41) is 3.44. The van der Waals surface area contributed by atoms with Gasteiger partial charge in [-0.3, -0.25) is 9.59 Å². The van der Waals surface area contributed by atoms with Gasteiger partial charge in [0, 0.05) is 45.8 Å². The second-order valence-corrected chi connectivity index (χ2v) is 8.21. The van der Waals surface area contributed by atoms with E-state index in [1.165, 1.54) is 0 Å². The van der Waals surface area contributed by atoms with Crippen molar-refractivity contribution in [3.8, 4) is 11.5 Å². The number of nitrogens with one attached hydrogen (secondary N) is 1. The Morgan fingerprint density at radius 2 is 1.61 bits per heavy atom. The lowest BCUT2D eigenvalue weighted by Crippen LogP contribution is -2.36. The third-order valence-corrected chi connectivity index (χ3v) is 6.37. The van der Waals surface area contributed by atoms with E-state index in [-0.39, 0.29) is 17.5 Å². The van der Waals surface area contributed by atoms with E-state index in [0.29, 0.717) is 30.9 Å². The van der Waals surface area contributed by atoms with Crippen molar-refractivity contribution in [1.29, 1.82) is 0 Å². The zero-order chi connectivity index (χ0) is 19.8. The maximum absolute atomic E-state index is 12.9. The molecule has 0 saturated carbocycles. The van der Waals surface area contributed by atoms with E-state index in [0.717, 1.165) is 58.3 Å². The highest BCUT2D eigenvalue weighted by atomic mass is 79.9. The largest absolute Gasteiger partial charge is 0.493 e. The zero-order valence-corrected chi connectivity index (χ0v) is 17.8. The Hall–Kier alpha value is -2.08. The molecular formula is C22H24BrNO4. The molecule has 148 valence electrons. The number of hydrogen-bond acceptors (Lipinski definition) is 5. The highest BCUT2D eigenvalue weighted by molar-refractivity contribution is 9.10. The van der Waals surface area contributed by atoms with Gasteiger partial charge in [0.05, 0.1) is 13.7 Å². The second kappa shape index (κ2) is 7.74. The Kier molecular flexibility index (Phi) is 5.32. The summed E-state index contributed by atoms with van der Waals surface area (Å²) in [5.41, 5.74) is 4.33. The Balaban J connectivity index is 1.92. The van der Waals surface area contributed by atoms with Crippen LogP contribution in [0.5, 0.6) is 11.5 Å².